The second kappa shape index (κ2) is 7.28. The fourth-order valence-corrected chi connectivity index (χ4v) is 2.98. The maximum absolute atomic E-state index is 10.1. The molecule has 0 saturated carbocycles. The molecule has 1 aliphatic heterocycles. The van der Waals surface area contributed by atoms with Crippen LogP contribution in [0.2, 0.25) is 0 Å². The van der Waals surface area contributed by atoms with E-state index in [1.165, 1.54) is 18.7 Å². The van der Waals surface area contributed by atoms with Crippen molar-refractivity contribution in [3.8, 4) is 0 Å². The highest BCUT2D eigenvalue weighted by molar-refractivity contribution is 5.48. The van der Waals surface area contributed by atoms with Crippen LogP contribution >= 0.6 is 0 Å². The number of aliphatic hydroxyl groups excluding tert-OH is 1. The Kier molecular flexibility index (Phi) is 5.65. The normalized spacial score (nSPS) is 19.1. The Morgan fingerprint density at radius 2 is 1.57 bits per heavy atom. The van der Waals surface area contributed by atoms with Crippen LogP contribution in [0.25, 0.3) is 0 Å². The van der Waals surface area contributed by atoms with Crippen molar-refractivity contribution in [3.05, 3.63) is 29.8 Å². The summed E-state index contributed by atoms with van der Waals surface area (Å²) in [6, 6.07) is 9.10. The van der Waals surface area contributed by atoms with Gasteiger partial charge in [-0.25, -0.2) is 0 Å². The molecule has 1 fully saturated rings. The van der Waals surface area contributed by atoms with E-state index >= 15 is 0 Å². The minimum atomic E-state index is -0.361. The maximum Gasteiger partial charge on any atom is 0.0812 e. The zero-order valence-electron chi connectivity index (χ0n) is 13.9. The standard InChI is InChI=1S/C18H30N2O/c1-14(2)18(21)16-6-8-17(9-7-16)20-11-5-10-19(12-13-20)15(3)4/h6-9,14-15,18,21H,5,10-13H2,1-4H3. The van der Waals surface area contributed by atoms with Gasteiger partial charge in [0.15, 0.2) is 0 Å². The molecule has 3 nitrogen and oxygen atoms in total. The van der Waals surface area contributed by atoms with Crippen LogP contribution < -0.4 is 4.90 Å². The summed E-state index contributed by atoms with van der Waals surface area (Å²) in [4.78, 5) is 5.02. The van der Waals surface area contributed by atoms with Crippen LogP contribution in [0.15, 0.2) is 24.3 Å². The van der Waals surface area contributed by atoms with Gasteiger partial charge in [-0.05, 0) is 43.9 Å². The fraction of sp³-hybridized carbons (Fsp3) is 0.667. The van der Waals surface area contributed by atoms with Crippen molar-refractivity contribution in [1.29, 1.82) is 0 Å². The van der Waals surface area contributed by atoms with Crippen molar-refractivity contribution in [2.75, 3.05) is 31.1 Å². The fourth-order valence-electron chi connectivity index (χ4n) is 2.98. The van der Waals surface area contributed by atoms with Gasteiger partial charge in [0, 0.05) is 37.9 Å². The molecule has 3 heteroatoms. The lowest BCUT2D eigenvalue weighted by atomic mass is 9.99. The molecule has 1 aromatic rings. The highest BCUT2D eigenvalue weighted by Crippen LogP contribution is 2.24. The first-order valence-electron chi connectivity index (χ1n) is 8.26. The van der Waals surface area contributed by atoms with Gasteiger partial charge in [-0.3, -0.25) is 4.90 Å². The van der Waals surface area contributed by atoms with Crippen molar-refractivity contribution in [2.45, 2.75) is 46.3 Å². The predicted octanol–water partition coefficient (Wildman–Crippen LogP) is 3.30. The van der Waals surface area contributed by atoms with E-state index in [1.54, 1.807) is 0 Å². The minimum absolute atomic E-state index is 0.258. The number of hydrogen-bond acceptors (Lipinski definition) is 3. The summed E-state index contributed by atoms with van der Waals surface area (Å²) in [7, 11) is 0. The molecule has 0 radical (unpaired) electrons. The summed E-state index contributed by atoms with van der Waals surface area (Å²) in [5, 5.41) is 10.1. The number of rotatable bonds is 4. The van der Waals surface area contributed by atoms with E-state index in [9.17, 15) is 5.11 Å². The molecule has 2 rings (SSSR count). The molecule has 1 atom stereocenters. The maximum atomic E-state index is 10.1. The van der Waals surface area contributed by atoms with E-state index < -0.39 is 0 Å². The lowest BCUT2D eigenvalue weighted by Crippen LogP contribution is -2.35. The highest BCUT2D eigenvalue weighted by Gasteiger charge is 2.17. The Bertz CT molecular complexity index is 427. The van der Waals surface area contributed by atoms with Gasteiger partial charge in [-0.2, -0.15) is 0 Å². The number of hydrogen-bond donors (Lipinski definition) is 1. The van der Waals surface area contributed by atoms with E-state index in [0.717, 1.165) is 25.2 Å². The Morgan fingerprint density at radius 1 is 0.905 bits per heavy atom. The predicted molar refractivity (Wildman–Crippen MR) is 89.8 cm³/mol. The molecule has 0 aliphatic carbocycles. The summed E-state index contributed by atoms with van der Waals surface area (Å²) >= 11 is 0. The summed E-state index contributed by atoms with van der Waals surface area (Å²) in [6.45, 7) is 13.2. The molecule has 0 aromatic heterocycles. The molecule has 21 heavy (non-hydrogen) atoms. The van der Waals surface area contributed by atoms with Crippen LogP contribution in [-0.2, 0) is 0 Å². The average molecular weight is 290 g/mol. The molecule has 1 aromatic carbocycles. The van der Waals surface area contributed by atoms with Crippen LogP contribution in [0.1, 0.15) is 45.8 Å². The number of benzene rings is 1. The largest absolute Gasteiger partial charge is 0.388 e. The van der Waals surface area contributed by atoms with Crippen molar-refractivity contribution < 1.29 is 5.11 Å². The van der Waals surface area contributed by atoms with Crippen LogP contribution in [0.3, 0.4) is 0 Å². The third kappa shape index (κ3) is 4.21. The third-order valence-corrected chi connectivity index (χ3v) is 4.49. The molecule has 1 unspecified atom stereocenters. The van der Waals surface area contributed by atoms with Gasteiger partial charge in [0.1, 0.15) is 0 Å². The van der Waals surface area contributed by atoms with Gasteiger partial charge >= 0.3 is 0 Å². The summed E-state index contributed by atoms with van der Waals surface area (Å²) in [5.74, 6) is 0.258. The van der Waals surface area contributed by atoms with Crippen molar-refractivity contribution in [2.24, 2.45) is 5.92 Å². The van der Waals surface area contributed by atoms with E-state index in [-0.39, 0.29) is 12.0 Å². The SMILES string of the molecule is CC(C)C(O)c1ccc(N2CCCN(C(C)C)CC2)cc1. The first kappa shape index (κ1) is 16.3. The zero-order chi connectivity index (χ0) is 15.4. The second-order valence-electron chi connectivity index (χ2n) is 6.75. The quantitative estimate of drug-likeness (QED) is 0.921. The summed E-state index contributed by atoms with van der Waals surface area (Å²) in [5.41, 5.74) is 2.30. The van der Waals surface area contributed by atoms with E-state index in [2.05, 4.69) is 47.9 Å². The first-order chi connectivity index (χ1) is 9.99. The number of nitrogens with zero attached hydrogens (tertiary/aromatic N) is 2. The summed E-state index contributed by atoms with van der Waals surface area (Å²) in [6.07, 6.45) is 0.855. The monoisotopic (exact) mass is 290 g/mol. The molecule has 1 saturated heterocycles. The topological polar surface area (TPSA) is 26.7 Å². The Balaban J connectivity index is 2.02. The van der Waals surface area contributed by atoms with Crippen LogP contribution in [0.4, 0.5) is 5.69 Å². The minimum Gasteiger partial charge on any atom is -0.388 e. The first-order valence-corrected chi connectivity index (χ1v) is 8.26. The highest BCUT2D eigenvalue weighted by atomic mass is 16.3. The lowest BCUT2D eigenvalue weighted by Gasteiger charge is -2.26. The smallest absolute Gasteiger partial charge is 0.0812 e. The molecule has 1 N–H and O–H groups in total. The third-order valence-electron chi connectivity index (χ3n) is 4.49. The van der Waals surface area contributed by atoms with Gasteiger partial charge < -0.3 is 10.0 Å². The Morgan fingerprint density at radius 3 is 2.14 bits per heavy atom. The van der Waals surface area contributed by atoms with Crippen molar-refractivity contribution >= 4 is 5.69 Å². The molecule has 118 valence electrons. The molecule has 1 aliphatic rings. The van der Waals surface area contributed by atoms with Gasteiger partial charge in [-0.1, -0.05) is 26.0 Å². The van der Waals surface area contributed by atoms with Crippen molar-refractivity contribution in [3.63, 3.8) is 0 Å². The van der Waals surface area contributed by atoms with E-state index in [1.807, 2.05) is 13.8 Å². The van der Waals surface area contributed by atoms with Crippen LogP contribution in [0.5, 0.6) is 0 Å². The molecule has 0 spiro atoms. The average Bonchev–Trinajstić information content (AvgIpc) is 2.72. The number of anilines is 1. The molecule has 1 heterocycles. The molecule has 0 bridgehead atoms. The summed E-state index contributed by atoms with van der Waals surface area (Å²) < 4.78 is 0. The lowest BCUT2D eigenvalue weighted by molar-refractivity contribution is 0.127. The van der Waals surface area contributed by atoms with E-state index in [4.69, 9.17) is 0 Å². The van der Waals surface area contributed by atoms with Crippen LogP contribution in [-0.4, -0.2) is 42.2 Å². The van der Waals surface area contributed by atoms with Gasteiger partial charge in [0.2, 0.25) is 0 Å². The molecular formula is C18H30N2O. The number of aliphatic hydroxyl groups is 1. The second-order valence-corrected chi connectivity index (χ2v) is 6.75. The molecular weight excluding hydrogens is 260 g/mol. The Labute approximate surface area is 129 Å². The Hall–Kier alpha value is -1.06. The van der Waals surface area contributed by atoms with E-state index in [0.29, 0.717) is 6.04 Å². The van der Waals surface area contributed by atoms with Gasteiger partial charge in [-0.15, -0.1) is 0 Å². The van der Waals surface area contributed by atoms with Crippen LogP contribution in [0, 0.1) is 5.92 Å². The van der Waals surface area contributed by atoms with Crippen molar-refractivity contribution in [1.82, 2.24) is 4.90 Å². The zero-order valence-corrected chi connectivity index (χ0v) is 13.9. The van der Waals surface area contributed by atoms with Gasteiger partial charge in [0.05, 0.1) is 6.10 Å². The molecule has 0 amide bonds. The van der Waals surface area contributed by atoms with Gasteiger partial charge in [0.25, 0.3) is 0 Å².